The van der Waals surface area contributed by atoms with Crippen LogP contribution in [0.3, 0.4) is 0 Å². The molecule has 66 heavy (non-hydrogen) atoms. The second-order valence-corrected chi connectivity index (χ2v) is 19.3. The van der Waals surface area contributed by atoms with Gasteiger partial charge in [0.1, 0.15) is 29.9 Å². The van der Waals surface area contributed by atoms with Gasteiger partial charge in [-0.25, -0.2) is 4.98 Å². The van der Waals surface area contributed by atoms with Crippen molar-refractivity contribution in [2.45, 2.75) is 97.4 Å². The summed E-state index contributed by atoms with van der Waals surface area (Å²) in [5, 5.41) is 40.5. The third kappa shape index (κ3) is 14.1. The van der Waals surface area contributed by atoms with E-state index in [4.69, 9.17) is 16.3 Å². The number of halogens is 1. The first kappa shape index (κ1) is 50.2. The molecule has 6 rings (SSSR count). The molecular weight excluding hydrogens is 870 g/mol. The van der Waals surface area contributed by atoms with Gasteiger partial charge in [0.05, 0.1) is 28.2 Å². The molecule has 0 saturated carbocycles. The number of ether oxygens (including phenoxy) is 1. The quantitative estimate of drug-likeness (QED) is 0.0214. The number of aromatic nitrogens is 1. The third-order valence-electron chi connectivity index (χ3n) is 12.0. The summed E-state index contributed by atoms with van der Waals surface area (Å²) in [6, 6.07) is 29.2. The lowest BCUT2D eigenvalue weighted by molar-refractivity contribution is -0.142. The number of carbonyl (C=O) groups excluding carboxylic acids is 2. The largest absolute Gasteiger partial charge is 0.508 e. The maximum Gasteiger partial charge on any atom is 0.243 e. The Balaban J connectivity index is 0.883. The number of aliphatic hydroxyl groups excluding tert-OH is 1. The van der Waals surface area contributed by atoms with Crippen LogP contribution < -0.4 is 20.7 Å². The van der Waals surface area contributed by atoms with Crippen LogP contribution in [-0.2, 0) is 16.1 Å². The number of allylic oxidation sites excluding steroid dienone is 1. The average Bonchev–Trinajstić information content (AvgIpc) is 3.93. The lowest BCUT2D eigenvalue weighted by Gasteiger charge is -2.35. The first-order chi connectivity index (χ1) is 31.8. The summed E-state index contributed by atoms with van der Waals surface area (Å²) < 4.78 is 6.07. The van der Waals surface area contributed by atoms with E-state index >= 15 is 0 Å². The van der Waals surface area contributed by atoms with Crippen LogP contribution in [0.1, 0.15) is 93.7 Å². The summed E-state index contributed by atoms with van der Waals surface area (Å²) in [5.41, 5.74) is 9.45. The van der Waals surface area contributed by atoms with Gasteiger partial charge in [-0.1, -0.05) is 101 Å². The number of phenols is 2. The Morgan fingerprint density at radius 3 is 2.05 bits per heavy atom. The van der Waals surface area contributed by atoms with Crippen molar-refractivity contribution >= 4 is 45.9 Å². The number of hydrogen-bond acceptors (Lipinski definition) is 10. The summed E-state index contributed by atoms with van der Waals surface area (Å²) in [6.07, 6.45) is 5.32. The lowest BCUT2D eigenvalue weighted by atomic mass is 9.85. The van der Waals surface area contributed by atoms with E-state index in [1.807, 2.05) is 106 Å². The average molecular weight is 937 g/mol. The van der Waals surface area contributed by atoms with Crippen LogP contribution in [0, 0.1) is 12.3 Å². The molecule has 1 fully saturated rings. The fourth-order valence-corrected chi connectivity index (χ4v) is 9.45. The van der Waals surface area contributed by atoms with E-state index in [1.54, 1.807) is 40.5 Å². The zero-order chi connectivity index (χ0) is 47.1. The van der Waals surface area contributed by atoms with E-state index in [9.17, 15) is 24.9 Å². The maximum absolute atomic E-state index is 14.0. The Kier molecular flexibility index (Phi) is 18.6. The number of phenolic OH excluding ortho intramolecular Hbond substituents is 2. The molecule has 1 saturated heterocycles. The Labute approximate surface area is 399 Å². The van der Waals surface area contributed by atoms with Crippen molar-refractivity contribution in [2.75, 3.05) is 38.7 Å². The molecule has 1 aromatic heterocycles. The topological polar surface area (TPSA) is 156 Å². The molecule has 2 amide bonds. The lowest BCUT2D eigenvalue weighted by Crippen LogP contribution is -2.56. The van der Waals surface area contributed by atoms with Gasteiger partial charge in [0.15, 0.2) is 0 Å². The monoisotopic (exact) mass is 935 g/mol. The second kappa shape index (κ2) is 24.5. The normalized spacial score (nSPS) is 15.9. The predicted octanol–water partition coefficient (Wildman–Crippen LogP) is 9.32. The minimum absolute atomic E-state index is 0.142. The molecule has 4 aromatic carbocycles. The van der Waals surface area contributed by atoms with Crippen LogP contribution in [0.4, 0.5) is 0 Å². The number of β-amino-alcohol motifs (C(OH)–C–C–N with tert-alkyl or cyclic N) is 1. The molecule has 0 aliphatic carbocycles. The summed E-state index contributed by atoms with van der Waals surface area (Å²) >= 11 is 7.90. The number of nitrogens with one attached hydrogen (secondary N) is 3. The summed E-state index contributed by atoms with van der Waals surface area (Å²) in [7, 11) is 0. The molecule has 352 valence electrons. The molecule has 6 N–H and O–H groups in total. The summed E-state index contributed by atoms with van der Waals surface area (Å²) in [4.78, 5) is 34.5. The number of alkyl halides is 1. The molecule has 0 bridgehead atoms. The van der Waals surface area contributed by atoms with Gasteiger partial charge in [0, 0.05) is 31.9 Å². The molecule has 0 radical (unpaired) electrons. The van der Waals surface area contributed by atoms with Gasteiger partial charge in [0.2, 0.25) is 11.8 Å². The summed E-state index contributed by atoms with van der Waals surface area (Å²) in [5.74, 6) is 1.20. The number of aryl methyl sites for hydroxylation is 1. The zero-order valence-corrected chi connectivity index (χ0v) is 40.3. The molecule has 1 aliphatic rings. The van der Waals surface area contributed by atoms with Crippen molar-refractivity contribution in [3.63, 3.8) is 0 Å². The van der Waals surface area contributed by atoms with Gasteiger partial charge in [0.25, 0.3) is 0 Å². The van der Waals surface area contributed by atoms with Crippen LogP contribution in [0.2, 0.25) is 0 Å². The van der Waals surface area contributed by atoms with Gasteiger partial charge in [-0.15, -0.1) is 22.9 Å². The van der Waals surface area contributed by atoms with Gasteiger partial charge < -0.3 is 40.9 Å². The number of likely N-dealkylation sites (tertiary alicyclic amines) is 1. The van der Waals surface area contributed by atoms with Gasteiger partial charge >= 0.3 is 0 Å². The van der Waals surface area contributed by atoms with Crippen molar-refractivity contribution in [3.05, 3.63) is 131 Å². The fourth-order valence-electron chi connectivity index (χ4n) is 8.45. The number of carbonyl (C=O) groups is 2. The van der Waals surface area contributed by atoms with E-state index in [0.717, 1.165) is 100 Å². The number of amides is 2. The van der Waals surface area contributed by atoms with E-state index < -0.39 is 18.2 Å². The molecule has 0 unspecified atom stereocenters. The molecule has 0 spiro atoms. The number of nitrogens with zero attached hydrogens (tertiary/aromatic N) is 2. The molecule has 1 aliphatic heterocycles. The maximum atomic E-state index is 14.0. The highest BCUT2D eigenvalue weighted by molar-refractivity contribution is 7.13. The number of thiazole rings is 1. The first-order valence-corrected chi connectivity index (χ1v) is 24.5. The molecule has 2 heterocycles. The number of rotatable bonds is 23. The third-order valence-corrected chi connectivity index (χ3v) is 13.2. The van der Waals surface area contributed by atoms with Gasteiger partial charge in [-0.05, 0) is 120 Å². The van der Waals surface area contributed by atoms with Crippen LogP contribution in [-0.4, -0.2) is 93.9 Å². The number of hydrogen-bond donors (Lipinski definition) is 6. The highest BCUT2D eigenvalue weighted by Gasteiger charge is 2.43. The first-order valence-electron chi connectivity index (χ1n) is 23.1. The van der Waals surface area contributed by atoms with E-state index in [0.29, 0.717) is 32.0 Å². The van der Waals surface area contributed by atoms with Crippen molar-refractivity contribution in [3.8, 4) is 27.7 Å². The summed E-state index contributed by atoms with van der Waals surface area (Å²) in [6.45, 7) is 11.4. The fraction of sp³-hybridized carbons (Fsp3) is 0.415. The smallest absolute Gasteiger partial charge is 0.243 e. The minimum Gasteiger partial charge on any atom is -0.508 e. The highest BCUT2D eigenvalue weighted by Crippen LogP contribution is 2.37. The van der Waals surface area contributed by atoms with Crippen LogP contribution in [0.15, 0.2) is 103 Å². The van der Waals surface area contributed by atoms with Crippen molar-refractivity contribution in [1.82, 2.24) is 25.8 Å². The SMILES string of the molecule is Cc1ncsc1-c1ccc(CNC(=O)[C@@H]2C[C@@H](O)CN2C(=O)[C@@H](NCCCCCCCNCCOc2ccc(C(=C(CCCl)c3ccc(O)cc3)c3ccc(O)cc3)cc2)C(C)(C)C)cc1. The predicted molar refractivity (Wildman–Crippen MR) is 267 cm³/mol. The van der Waals surface area contributed by atoms with Crippen LogP contribution in [0.5, 0.6) is 17.2 Å². The van der Waals surface area contributed by atoms with Crippen LogP contribution >= 0.6 is 22.9 Å². The van der Waals surface area contributed by atoms with E-state index in [-0.39, 0.29) is 41.7 Å². The Hall–Kier alpha value is -5.24. The number of unbranched alkanes of at least 4 members (excludes halogenated alkanes) is 4. The van der Waals surface area contributed by atoms with Crippen molar-refractivity contribution in [1.29, 1.82) is 0 Å². The Morgan fingerprint density at radius 2 is 1.44 bits per heavy atom. The number of benzene rings is 4. The van der Waals surface area contributed by atoms with Crippen molar-refractivity contribution in [2.24, 2.45) is 5.41 Å². The molecule has 5 aromatic rings. The van der Waals surface area contributed by atoms with Crippen LogP contribution in [0.25, 0.3) is 21.6 Å². The standard InChI is InChI=1S/C53H66ClN5O6S/c1-36-49(66-35-58-36)41-12-10-37(11-13-41)33-57-51(63)47-32-44(62)34-59(47)52(64)50(53(2,3)4)56-29-9-7-5-6-8-28-55-30-31-65-45-24-18-40(19-25-45)48(39-16-22-43(61)23-17-39)46(26-27-54)38-14-20-42(60)21-15-38/h10-25,35,44,47,50,55-56,60-62H,5-9,26-34H2,1-4H3,(H,57,63)/t44-,47+,50-/m1/s1. The second-order valence-electron chi connectivity index (χ2n) is 18.1. The van der Waals surface area contributed by atoms with Gasteiger partial charge in [-0.3, -0.25) is 9.59 Å². The minimum atomic E-state index is -0.748. The van der Waals surface area contributed by atoms with Gasteiger partial charge in [-0.2, -0.15) is 0 Å². The zero-order valence-electron chi connectivity index (χ0n) is 38.7. The molecular formula is C53H66ClN5O6S. The number of aliphatic hydroxyl groups is 1. The Bertz CT molecular complexity index is 2330. The molecule has 11 nitrogen and oxygen atoms in total. The van der Waals surface area contributed by atoms with Crippen molar-refractivity contribution < 1.29 is 29.6 Å². The Morgan fingerprint density at radius 1 is 0.833 bits per heavy atom. The number of aromatic hydroxyl groups is 2. The highest BCUT2D eigenvalue weighted by atomic mass is 35.5. The molecule has 13 heteroatoms. The van der Waals surface area contributed by atoms with E-state index in [1.165, 1.54) is 0 Å². The van der Waals surface area contributed by atoms with E-state index in [2.05, 4.69) is 20.9 Å². The molecule has 3 atom stereocenters.